The van der Waals surface area contributed by atoms with Gasteiger partial charge in [-0.25, -0.2) is 0 Å². The number of hydrogen-bond donors (Lipinski definition) is 2. The molecule has 2 aromatic carbocycles. The first-order valence-corrected chi connectivity index (χ1v) is 7.29. The third kappa shape index (κ3) is 4.85. The monoisotopic (exact) mass is 312 g/mol. The Kier molecular flexibility index (Phi) is 5.36. The van der Waals surface area contributed by atoms with Gasteiger partial charge < -0.3 is 15.4 Å². The van der Waals surface area contributed by atoms with Gasteiger partial charge in [-0.3, -0.25) is 9.59 Å². The highest BCUT2D eigenvalue weighted by Crippen LogP contribution is 2.17. The van der Waals surface area contributed by atoms with Crippen molar-refractivity contribution in [2.45, 2.75) is 20.3 Å². The number of benzene rings is 2. The quantitative estimate of drug-likeness (QED) is 0.833. The highest BCUT2D eigenvalue weighted by molar-refractivity contribution is 6.08. The van der Waals surface area contributed by atoms with Crippen molar-refractivity contribution >= 4 is 23.2 Å². The second-order valence-corrected chi connectivity index (χ2v) is 5.30. The van der Waals surface area contributed by atoms with E-state index in [2.05, 4.69) is 10.6 Å². The van der Waals surface area contributed by atoms with E-state index in [1.165, 1.54) is 0 Å². The first-order valence-electron chi connectivity index (χ1n) is 7.29. The van der Waals surface area contributed by atoms with E-state index >= 15 is 0 Å². The van der Waals surface area contributed by atoms with Gasteiger partial charge in [0.15, 0.2) is 0 Å². The second kappa shape index (κ2) is 7.45. The van der Waals surface area contributed by atoms with Crippen molar-refractivity contribution in [3.8, 4) is 5.75 Å². The summed E-state index contributed by atoms with van der Waals surface area (Å²) >= 11 is 0. The molecule has 2 rings (SSSR count). The lowest BCUT2D eigenvalue weighted by Crippen LogP contribution is -2.21. The van der Waals surface area contributed by atoms with Gasteiger partial charge in [0.2, 0.25) is 11.8 Å². The normalized spacial score (nSPS) is 10.0. The van der Waals surface area contributed by atoms with E-state index in [4.69, 9.17) is 4.74 Å². The van der Waals surface area contributed by atoms with E-state index in [0.717, 1.165) is 11.1 Å². The molecule has 0 atom stereocenters. The average Bonchev–Trinajstić information content (AvgIpc) is 2.51. The third-order valence-electron chi connectivity index (χ3n) is 3.47. The Morgan fingerprint density at radius 3 is 2.17 bits per heavy atom. The lowest BCUT2D eigenvalue weighted by molar-refractivity contribution is -0.123. The van der Waals surface area contributed by atoms with Gasteiger partial charge in [0.25, 0.3) is 0 Å². The van der Waals surface area contributed by atoms with Gasteiger partial charge in [-0.2, -0.15) is 0 Å². The molecule has 0 fully saturated rings. The molecule has 0 aliphatic carbocycles. The lowest BCUT2D eigenvalue weighted by Gasteiger charge is -2.09. The summed E-state index contributed by atoms with van der Waals surface area (Å²) in [4.78, 5) is 23.9. The van der Waals surface area contributed by atoms with Crippen LogP contribution >= 0.6 is 0 Å². The number of aryl methyl sites for hydroxylation is 2. The molecule has 0 aliphatic heterocycles. The molecule has 0 unspecified atom stereocenters. The van der Waals surface area contributed by atoms with Crippen molar-refractivity contribution in [1.29, 1.82) is 0 Å². The van der Waals surface area contributed by atoms with Crippen molar-refractivity contribution in [2.75, 3.05) is 17.7 Å². The first kappa shape index (κ1) is 16.5. The van der Waals surface area contributed by atoms with Crippen LogP contribution < -0.4 is 15.4 Å². The Labute approximate surface area is 135 Å². The Hall–Kier alpha value is -2.82. The third-order valence-corrected chi connectivity index (χ3v) is 3.47. The summed E-state index contributed by atoms with van der Waals surface area (Å²) in [6.45, 7) is 3.98. The van der Waals surface area contributed by atoms with E-state index in [0.29, 0.717) is 17.1 Å². The molecule has 5 nitrogen and oxygen atoms in total. The summed E-state index contributed by atoms with van der Waals surface area (Å²) in [5.74, 6) is -0.0874. The van der Waals surface area contributed by atoms with E-state index in [-0.39, 0.29) is 18.2 Å². The number of rotatable bonds is 5. The van der Waals surface area contributed by atoms with Crippen molar-refractivity contribution < 1.29 is 14.3 Å². The molecule has 2 amide bonds. The Morgan fingerprint density at radius 1 is 0.913 bits per heavy atom. The summed E-state index contributed by atoms with van der Waals surface area (Å²) in [7, 11) is 1.55. The van der Waals surface area contributed by atoms with Crippen molar-refractivity contribution in [3.63, 3.8) is 0 Å². The van der Waals surface area contributed by atoms with Gasteiger partial charge >= 0.3 is 0 Å². The first-order chi connectivity index (χ1) is 11.0. The fraction of sp³-hybridized carbons (Fsp3) is 0.222. The van der Waals surface area contributed by atoms with Gasteiger partial charge in [0.1, 0.15) is 12.2 Å². The zero-order valence-corrected chi connectivity index (χ0v) is 13.5. The van der Waals surface area contributed by atoms with Crippen LogP contribution in [0.4, 0.5) is 11.4 Å². The number of hydrogen-bond acceptors (Lipinski definition) is 3. The molecule has 120 valence electrons. The molecule has 0 aromatic heterocycles. The van der Waals surface area contributed by atoms with E-state index in [1.54, 1.807) is 31.4 Å². The van der Waals surface area contributed by atoms with Crippen LogP contribution in [0, 0.1) is 13.8 Å². The van der Waals surface area contributed by atoms with Crippen LogP contribution in [-0.2, 0) is 9.59 Å². The maximum absolute atomic E-state index is 11.9. The minimum Gasteiger partial charge on any atom is -0.497 e. The van der Waals surface area contributed by atoms with Crippen LogP contribution in [0.1, 0.15) is 17.5 Å². The molecule has 0 bridgehead atoms. The standard InChI is InChI=1S/C18H20N2O3/c1-12-7-8-15(9-13(12)2)20-18(22)11-17(21)19-14-5-4-6-16(10-14)23-3/h4-10H,11H2,1-3H3,(H,19,21)(H,20,22). The van der Waals surface area contributed by atoms with Crippen LogP contribution in [0.5, 0.6) is 5.75 Å². The maximum Gasteiger partial charge on any atom is 0.233 e. The molecule has 0 heterocycles. The highest BCUT2D eigenvalue weighted by atomic mass is 16.5. The molecular formula is C18H20N2O3. The molecule has 0 spiro atoms. The van der Waals surface area contributed by atoms with Crippen molar-refractivity contribution in [1.82, 2.24) is 0 Å². The van der Waals surface area contributed by atoms with Crippen molar-refractivity contribution in [3.05, 3.63) is 53.6 Å². The van der Waals surface area contributed by atoms with E-state index in [1.807, 2.05) is 32.0 Å². The summed E-state index contributed by atoms with van der Waals surface area (Å²) in [6, 6.07) is 12.6. The number of methoxy groups -OCH3 is 1. The second-order valence-electron chi connectivity index (χ2n) is 5.30. The predicted octanol–water partition coefficient (Wildman–Crippen LogP) is 3.28. The number of carbonyl (C=O) groups excluding carboxylic acids is 2. The molecule has 0 saturated carbocycles. The summed E-state index contributed by atoms with van der Waals surface area (Å²) in [5.41, 5.74) is 3.52. The van der Waals surface area contributed by atoms with E-state index in [9.17, 15) is 9.59 Å². The van der Waals surface area contributed by atoms with Crippen LogP contribution in [0.15, 0.2) is 42.5 Å². The van der Waals surface area contributed by atoms with Gasteiger partial charge in [-0.1, -0.05) is 12.1 Å². The summed E-state index contributed by atoms with van der Waals surface area (Å²) in [5, 5.41) is 5.40. The predicted molar refractivity (Wildman–Crippen MR) is 90.8 cm³/mol. The smallest absolute Gasteiger partial charge is 0.233 e. The number of anilines is 2. The van der Waals surface area contributed by atoms with Gasteiger partial charge in [-0.15, -0.1) is 0 Å². The fourth-order valence-corrected chi connectivity index (χ4v) is 2.08. The van der Waals surface area contributed by atoms with Crippen LogP contribution in [0.25, 0.3) is 0 Å². The molecule has 0 aliphatic rings. The van der Waals surface area contributed by atoms with Crippen LogP contribution in [-0.4, -0.2) is 18.9 Å². The number of nitrogens with one attached hydrogen (secondary N) is 2. The molecule has 2 N–H and O–H groups in total. The number of carbonyl (C=O) groups is 2. The zero-order valence-electron chi connectivity index (χ0n) is 13.5. The Balaban J connectivity index is 1.91. The number of amides is 2. The van der Waals surface area contributed by atoms with Crippen molar-refractivity contribution in [2.24, 2.45) is 0 Å². The highest BCUT2D eigenvalue weighted by Gasteiger charge is 2.10. The average molecular weight is 312 g/mol. The maximum atomic E-state index is 11.9. The van der Waals surface area contributed by atoms with Gasteiger partial charge in [0.05, 0.1) is 7.11 Å². The zero-order chi connectivity index (χ0) is 16.8. The van der Waals surface area contributed by atoms with E-state index < -0.39 is 0 Å². The lowest BCUT2D eigenvalue weighted by atomic mass is 10.1. The molecule has 2 aromatic rings. The van der Waals surface area contributed by atoms with Gasteiger partial charge in [0, 0.05) is 17.4 Å². The molecule has 5 heteroatoms. The summed E-state index contributed by atoms with van der Waals surface area (Å²) in [6.07, 6.45) is -0.246. The molecule has 0 radical (unpaired) electrons. The number of ether oxygens (including phenoxy) is 1. The topological polar surface area (TPSA) is 67.4 Å². The molecular weight excluding hydrogens is 292 g/mol. The van der Waals surface area contributed by atoms with Crippen LogP contribution in [0.3, 0.4) is 0 Å². The van der Waals surface area contributed by atoms with Gasteiger partial charge in [-0.05, 0) is 49.2 Å². The Bertz CT molecular complexity index is 726. The van der Waals surface area contributed by atoms with Crippen LogP contribution in [0.2, 0.25) is 0 Å². The minimum atomic E-state index is -0.375. The SMILES string of the molecule is COc1cccc(NC(=O)CC(=O)Nc2ccc(C)c(C)c2)c1. The largest absolute Gasteiger partial charge is 0.497 e. The molecule has 23 heavy (non-hydrogen) atoms. The summed E-state index contributed by atoms with van der Waals surface area (Å²) < 4.78 is 5.09. The fourth-order valence-electron chi connectivity index (χ4n) is 2.08. The Morgan fingerprint density at radius 2 is 1.57 bits per heavy atom. The minimum absolute atomic E-state index is 0.246. The molecule has 0 saturated heterocycles.